The summed E-state index contributed by atoms with van der Waals surface area (Å²) >= 11 is 1.21. The van der Waals surface area contributed by atoms with Crippen molar-refractivity contribution in [3.8, 4) is 5.75 Å². The first-order valence-electron chi connectivity index (χ1n) is 3.78. The largest absolute Gasteiger partial charge is 0.508 e. The van der Waals surface area contributed by atoms with E-state index in [0.29, 0.717) is 0 Å². The van der Waals surface area contributed by atoms with Crippen molar-refractivity contribution in [1.29, 1.82) is 0 Å². The van der Waals surface area contributed by atoms with Gasteiger partial charge in [-0.25, -0.2) is 0 Å². The molecule has 70 valence electrons. The lowest BCUT2D eigenvalue weighted by Gasteiger charge is -2.05. The summed E-state index contributed by atoms with van der Waals surface area (Å²) < 4.78 is 0. The van der Waals surface area contributed by atoms with Gasteiger partial charge in [0, 0.05) is 4.90 Å². The SMILES string of the molecule is CC(Sc1cccc(O)c1)C(=O)O. The van der Waals surface area contributed by atoms with Crippen molar-refractivity contribution in [3.63, 3.8) is 0 Å². The molecular formula is C9H10O3S. The highest BCUT2D eigenvalue weighted by Crippen LogP contribution is 2.25. The molecule has 0 saturated carbocycles. The molecule has 0 amide bonds. The Kier molecular flexibility index (Phi) is 3.19. The predicted molar refractivity (Wildman–Crippen MR) is 51.1 cm³/mol. The molecule has 0 radical (unpaired) electrons. The van der Waals surface area contributed by atoms with E-state index in [-0.39, 0.29) is 5.75 Å². The number of phenols is 1. The van der Waals surface area contributed by atoms with Gasteiger partial charge in [0.15, 0.2) is 0 Å². The number of carbonyl (C=O) groups is 1. The number of thioether (sulfide) groups is 1. The number of carboxylic acids is 1. The molecule has 4 heteroatoms. The highest BCUT2D eigenvalue weighted by atomic mass is 32.2. The van der Waals surface area contributed by atoms with Crippen molar-refractivity contribution >= 4 is 17.7 Å². The van der Waals surface area contributed by atoms with Crippen LogP contribution in [0.15, 0.2) is 29.2 Å². The number of rotatable bonds is 3. The molecule has 0 bridgehead atoms. The zero-order valence-corrected chi connectivity index (χ0v) is 7.91. The van der Waals surface area contributed by atoms with Gasteiger partial charge < -0.3 is 10.2 Å². The van der Waals surface area contributed by atoms with Gasteiger partial charge in [0.25, 0.3) is 0 Å². The zero-order chi connectivity index (χ0) is 9.84. The average molecular weight is 198 g/mol. The van der Waals surface area contributed by atoms with Gasteiger partial charge >= 0.3 is 5.97 Å². The smallest absolute Gasteiger partial charge is 0.316 e. The van der Waals surface area contributed by atoms with Gasteiger partial charge in [0.1, 0.15) is 11.0 Å². The van der Waals surface area contributed by atoms with Crippen LogP contribution in [0.2, 0.25) is 0 Å². The van der Waals surface area contributed by atoms with E-state index in [1.54, 1.807) is 31.2 Å². The number of phenolic OH excluding ortho intramolecular Hbond substituents is 1. The predicted octanol–water partition coefficient (Wildman–Crippen LogP) is 1.96. The molecular weight excluding hydrogens is 188 g/mol. The molecule has 0 heterocycles. The molecule has 0 spiro atoms. The zero-order valence-electron chi connectivity index (χ0n) is 7.10. The Labute approximate surface area is 80.4 Å². The summed E-state index contributed by atoms with van der Waals surface area (Å²) in [6, 6.07) is 6.55. The number of hydrogen-bond acceptors (Lipinski definition) is 3. The van der Waals surface area contributed by atoms with E-state index in [2.05, 4.69) is 0 Å². The first-order chi connectivity index (χ1) is 6.09. The molecule has 0 aliphatic carbocycles. The number of carboxylic acid groups (broad SMARTS) is 1. The highest BCUT2D eigenvalue weighted by Gasteiger charge is 2.11. The highest BCUT2D eigenvalue weighted by molar-refractivity contribution is 8.00. The molecule has 0 aromatic heterocycles. The molecule has 1 rings (SSSR count). The van der Waals surface area contributed by atoms with E-state index >= 15 is 0 Å². The molecule has 0 saturated heterocycles. The third-order valence-corrected chi connectivity index (χ3v) is 2.56. The quantitative estimate of drug-likeness (QED) is 0.729. The van der Waals surface area contributed by atoms with Gasteiger partial charge in [-0.3, -0.25) is 4.79 Å². The Morgan fingerprint density at radius 3 is 2.77 bits per heavy atom. The van der Waals surface area contributed by atoms with Crippen LogP contribution in [0.3, 0.4) is 0 Å². The van der Waals surface area contributed by atoms with Gasteiger partial charge in [-0.05, 0) is 25.1 Å². The van der Waals surface area contributed by atoms with Crippen LogP contribution in [0.1, 0.15) is 6.92 Å². The van der Waals surface area contributed by atoms with Crippen LogP contribution in [0.5, 0.6) is 5.75 Å². The summed E-state index contributed by atoms with van der Waals surface area (Å²) in [7, 11) is 0. The van der Waals surface area contributed by atoms with E-state index in [1.807, 2.05) is 0 Å². The fourth-order valence-electron chi connectivity index (χ4n) is 0.811. The second-order valence-electron chi connectivity index (χ2n) is 2.60. The van der Waals surface area contributed by atoms with Crippen LogP contribution in [-0.4, -0.2) is 21.4 Å². The van der Waals surface area contributed by atoms with Crippen molar-refractivity contribution in [1.82, 2.24) is 0 Å². The molecule has 1 atom stereocenters. The minimum atomic E-state index is -0.853. The molecule has 0 aliphatic heterocycles. The summed E-state index contributed by atoms with van der Waals surface area (Å²) in [5, 5.41) is 17.2. The monoisotopic (exact) mass is 198 g/mol. The van der Waals surface area contributed by atoms with Gasteiger partial charge in [-0.1, -0.05) is 6.07 Å². The summed E-state index contributed by atoms with van der Waals surface area (Å²) in [6.45, 7) is 1.61. The summed E-state index contributed by atoms with van der Waals surface area (Å²) in [4.78, 5) is 11.3. The first-order valence-corrected chi connectivity index (χ1v) is 4.66. The van der Waals surface area contributed by atoms with Crippen LogP contribution in [-0.2, 0) is 4.79 Å². The summed E-state index contributed by atoms with van der Waals surface area (Å²) in [5.74, 6) is -0.698. The summed E-state index contributed by atoms with van der Waals surface area (Å²) in [6.07, 6.45) is 0. The van der Waals surface area contributed by atoms with Crippen LogP contribution >= 0.6 is 11.8 Å². The molecule has 1 unspecified atom stereocenters. The first kappa shape index (κ1) is 9.92. The lowest BCUT2D eigenvalue weighted by Crippen LogP contribution is -2.10. The standard InChI is InChI=1S/C9H10O3S/c1-6(9(11)12)13-8-4-2-3-7(10)5-8/h2-6,10H,1H3,(H,11,12). The minimum Gasteiger partial charge on any atom is -0.508 e. The molecule has 13 heavy (non-hydrogen) atoms. The van der Waals surface area contributed by atoms with Gasteiger partial charge in [-0.15, -0.1) is 11.8 Å². The third-order valence-electron chi connectivity index (χ3n) is 1.48. The van der Waals surface area contributed by atoms with E-state index in [9.17, 15) is 4.79 Å². The van der Waals surface area contributed by atoms with Crippen LogP contribution in [0, 0.1) is 0 Å². The van der Waals surface area contributed by atoms with Gasteiger partial charge in [0.2, 0.25) is 0 Å². The third kappa shape index (κ3) is 2.99. The van der Waals surface area contributed by atoms with Crippen molar-refractivity contribution in [3.05, 3.63) is 24.3 Å². The lowest BCUT2D eigenvalue weighted by atomic mass is 10.3. The van der Waals surface area contributed by atoms with Crippen LogP contribution in [0.25, 0.3) is 0 Å². The minimum absolute atomic E-state index is 0.155. The topological polar surface area (TPSA) is 57.5 Å². The maximum Gasteiger partial charge on any atom is 0.316 e. The van der Waals surface area contributed by atoms with E-state index in [4.69, 9.17) is 10.2 Å². The molecule has 2 N–H and O–H groups in total. The molecule has 0 fully saturated rings. The van der Waals surface area contributed by atoms with E-state index in [1.165, 1.54) is 11.8 Å². The molecule has 1 aromatic rings. The molecule has 0 aliphatic rings. The fourth-order valence-corrected chi connectivity index (χ4v) is 1.67. The Morgan fingerprint density at radius 2 is 2.23 bits per heavy atom. The van der Waals surface area contributed by atoms with Crippen molar-refractivity contribution < 1.29 is 15.0 Å². The maximum atomic E-state index is 10.5. The Hall–Kier alpha value is -1.16. The number of hydrogen-bond donors (Lipinski definition) is 2. The van der Waals surface area contributed by atoms with Gasteiger partial charge in [-0.2, -0.15) is 0 Å². The van der Waals surface area contributed by atoms with Crippen molar-refractivity contribution in [2.24, 2.45) is 0 Å². The van der Waals surface area contributed by atoms with Crippen molar-refractivity contribution in [2.45, 2.75) is 17.1 Å². The van der Waals surface area contributed by atoms with Crippen LogP contribution in [0.4, 0.5) is 0 Å². The maximum absolute atomic E-state index is 10.5. The molecule has 1 aromatic carbocycles. The van der Waals surface area contributed by atoms with Crippen molar-refractivity contribution in [2.75, 3.05) is 0 Å². The van der Waals surface area contributed by atoms with Crippen LogP contribution < -0.4 is 0 Å². The second-order valence-corrected chi connectivity index (χ2v) is 4.01. The van der Waals surface area contributed by atoms with E-state index < -0.39 is 11.2 Å². The number of aliphatic carboxylic acids is 1. The Morgan fingerprint density at radius 1 is 1.54 bits per heavy atom. The Bertz CT molecular complexity index is 311. The van der Waals surface area contributed by atoms with Gasteiger partial charge in [0.05, 0.1) is 0 Å². The fraction of sp³-hybridized carbons (Fsp3) is 0.222. The number of aromatic hydroxyl groups is 1. The van der Waals surface area contributed by atoms with E-state index in [0.717, 1.165) is 4.90 Å². The molecule has 3 nitrogen and oxygen atoms in total. The average Bonchev–Trinajstić information content (AvgIpc) is 2.04. The second kappa shape index (κ2) is 4.18. The summed E-state index contributed by atoms with van der Waals surface area (Å²) in [5.41, 5.74) is 0. The number of benzene rings is 1. The normalized spacial score (nSPS) is 12.4. The Balaban J connectivity index is 2.69. The lowest BCUT2D eigenvalue weighted by molar-refractivity contribution is -0.136.